The topological polar surface area (TPSA) is 76.7 Å². The normalized spacial score (nSPS) is 10.4. The van der Waals surface area contributed by atoms with Crippen LogP contribution >= 0.6 is 11.6 Å². The lowest BCUT2D eigenvalue weighted by atomic mass is 10.0. The first-order chi connectivity index (χ1) is 14.0. The predicted octanol–water partition coefficient (Wildman–Crippen LogP) is 3.81. The molecule has 0 aliphatic heterocycles. The Bertz CT molecular complexity index is 1050. The summed E-state index contributed by atoms with van der Waals surface area (Å²) in [4.78, 5) is 24.6. The zero-order chi connectivity index (χ0) is 20.8. The summed E-state index contributed by atoms with van der Waals surface area (Å²) in [6.07, 6.45) is 0.187. The molecule has 3 aromatic carbocycles. The molecule has 0 saturated carbocycles. The van der Waals surface area contributed by atoms with Crippen LogP contribution in [0.5, 0.6) is 11.5 Å². The smallest absolute Gasteiger partial charge is 0.243 e. The summed E-state index contributed by atoms with van der Waals surface area (Å²) in [5, 5.41) is 7.80. The predicted molar refractivity (Wildman–Crippen MR) is 114 cm³/mol. The average molecular weight is 413 g/mol. The van der Waals surface area contributed by atoms with Gasteiger partial charge in [-0.15, -0.1) is 0 Å². The zero-order valence-corrected chi connectivity index (χ0v) is 16.9. The molecule has 29 heavy (non-hydrogen) atoms. The van der Waals surface area contributed by atoms with Crippen LogP contribution in [0.15, 0.2) is 54.6 Å². The van der Waals surface area contributed by atoms with Gasteiger partial charge >= 0.3 is 0 Å². The highest BCUT2D eigenvalue weighted by molar-refractivity contribution is 6.32. The molecule has 0 atom stereocenters. The van der Waals surface area contributed by atoms with Crippen molar-refractivity contribution >= 4 is 39.9 Å². The van der Waals surface area contributed by atoms with Crippen molar-refractivity contribution in [3.05, 3.63) is 65.2 Å². The van der Waals surface area contributed by atoms with Crippen LogP contribution in [0.4, 0.5) is 5.69 Å². The molecule has 0 fully saturated rings. The van der Waals surface area contributed by atoms with Crippen molar-refractivity contribution in [2.45, 2.75) is 6.42 Å². The van der Waals surface area contributed by atoms with E-state index in [0.717, 1.165) is 16.3 Å². The Morgan fingerprint density at radius 2 is 1.66 bits per heavy atom. The highest BCUT2D eigenvalue weighted by Crippen LogP contribution is 2.35. The maximum absolute atomic E-state index is 12.3. The first kappa shape index (κ1) is 20.5. The van der Waals surface area contributed by atoms with E-state index in [1.165, 1.54) is 14.2 Å². The molecule has 2 N–H and O–H groups in total. The highest BCUT2D eigenvalue weighted by atomic mass is 35.5. The average Bonchev–Trinajstić information content (AvgIpc) is 2.73. The maximum Gasteiger partial charge on any atom is 0.243 e. The number of methoxy groups -OCH3 is 2. The molecule has 2 amide bonds. The van der Waals surface area contributed by atoms with Gasteiger partial charge in [0.25, 0.3) is 0 Å². The van der Waals surface area contributed by atoms with Crippen molar-refractivity contribution in [3.8, 4) is 11.5 Å². The molecule has 0 aliphatic rings. The summed E-state index contributed by atoms with van der Waals surface area (Å²) in [7, 11) is 2.95. The van der Waals surface area contributed by atoms with Crippen LogP contribution in [-0.2, 0) is 16.0 Å². The summed E-state index contributed by atoms with van der Waals surface area (Å²) in [5.41, 5.74) is 1.31. The van der Waals surface area contributed by atoms with Gasteiger partial charge in [-0.2, -0.15) is 0 Å². The van der Waals surface area contributed by atoms with Crippen LogP contribution in [0.3, 0.4) is 0 Å². The first-order valence-corrected chi connectivity index (χ1v) is 9.34. The van der Waals surface area contributed by atoms with Crippen molar-refractivity contribution in [2.24, 2.45) is 0 Å². The fourth-order valence-corrected chi connectivity index (χ4v) is 3.24. The number of amides is 2. The second-order valence-electron chi connectivity index (χ2n) is 6.33. The molecule has 0 unspecified atom stereocenters. The van der Waals surface area contributed by atoms with E-state index in [0.29, 0.717) is 22.2 Å². The summed E-state index contributed by atoms with van der Waals surface area (Å²) < 4.78 is 10.4. The van der Waals surface area contributed by atoms with E-state index in [2.05, 4.69) is 10.6 Å². The molecule has 0 bridgehead atoms. The number of hydrogen-bond acceptors (Lipinski definition) is 4. The number of hydrogen-bond donors (Lipinski definition) is 2. The van der Waals surface area contributed by atoms with E-state index < -0.39 is 0 Å². The second-order valence-corrected chi connectivity index (χ2v) is 6.73. The molecule has 0 saturated heterocycles. The summed E-state index contributed by atoms with van der Waals surface area (Å²) >= 11 is 6.06. The summed E-state index contributed by atoms with van der Waals surface area (Å²) in [6, 6.07) is 16.8. The lowest BCUT2D eigenvalue weighted by Crippen LogP contribution is -2.33. The fourth-order valence-electron chi connectivity index (χ4n) is 3.01. The lowest BCUT2D eigenvalue weighted by molar-refractivity contribution is -0.123. The maximum atomic E-state index is 12.3. The number of rotatable bonds is 7. The molecule has 3 aromatic rings. The van der Waals surface area contributed by atoms with Crippen molar-refractivity contribution in [2.75, 3.05) is 26.1 Å². The minimum atomic E-state index is -0.390. The van der Waals surface area contributed by atoms with Gasteiger partial charge in [-0.05, 0) is 16.3 Å². The summed E-state index contributed by atoms with van der Waals surface area (Å²) in [5.74, 6) is 0.171. The Morgan fingerprint density at radius 1 is 0.931 bits per heavy atom. The van der Waals surface area contributed by atoms with Crippen molar-refractivity contribution in [1.82, 2.24) is 5.32 Å². The highest BCUT2D eigenvalue weighted by Gasteiger charge is 2.14. The molecule has 0 radical (unpaired) electrons. The Balaban J connectivity index is 1.61. The van der Waals surface area contributed by atoms with E-state index in [9.17, 15) is 9.59 Å². The van der Waals surface area contributed by atoms with Crippen LogP contribution in [0.1, 0.15) is 5.56 Å². The Kier molecular flexibility index (Phi) is 6.57. The van der Waals surface area contributed by atoms with Crippen molar-refractivity contribution in [1.29, 1.82) is 0 Å². The lowest BCUT2D eigenvalue weighted by Gasteiger charge is -2.13. The number of benzene rings is 3. The molecule has 3 rings (SSSR count). The number of anilines is 1. The van der Waals surface area contributed by atoms with Gasteiger partial charge in [-0.3, -0.25) is 9.59 Å². The Labute approximate surface area is 173 Å². The third-order valence-corrected chi connectivity index (χ3v) is 4.72. The van der Waals surface area contributed by atoms with Crippen LogP contribution in [0.2, 0.25) is 5.02 Å². The minimum Gasteiger partial charge on any atom is -0.495 e. The van der Waals surface area contributed by atoms with Gasteiger partial charge in [-0.1, -0.05) is 54.1 Å². The van der Waals surface area contributed by atoms with Gasteiger partial charge in [-0.25, -0.2) is 0 Å². The van der Waals surface area contributed by atoms with Gasteiger partial charge in [0.15, 0.2) is 0 Å². The zero-order valence-electron chi connectivity index (χ0n) is 16.1. The molecule has 6 nitrogen and oxygen atoms in total. The number of carbonyl (C=O) groups excluding carboxylic acids is 2. The van der Waals surface area contributed by atoms with Crippen LogP contribution in [0, 0.1) is 0 Å². The van der Waals surface area contributed by atoms with Gasteiger partial charge in [0.05, 0.1) is 37.9 Å². The number of halogens is 1. The molecule has 7 heteroatoms. The molecular formula is C22H21ClN2O4. The van der Waals surface area contributed by atoms with Gasteiger partial charge in [0, 0.05) is 12.1 Å². The van der Waals surface area contributed by atoms with Gasteiger partial charge in [0.1, 0.15) is 11.5 Å². The molecule has 150 valence electrons. The largest absolute Gasteiger partial charge is 0.495 e. The first-order valence-electron chi connectivity index (χ1n) is 8.96. The quantitative estimate of drug-likeness (QED) is 0.618. The number of fused-ring (bicyclic) bond motifs is 1. The van der Waals surface area contributed by atoms with Crippen LogP contribution in [0.25, 0.3) is 10.8 Å². The second kappa shape index (κ2) is 9.30. The van der Waals surface area contributed by atoms with Gasteiger partial charge in [0.2, 0.25) is 11.8 Å². The monoisotopic (exact) mass is 412 g/mol. The molecule has 0 spiro atoms. The Hall–Kier alpha value is -3.25. The molecular weight excluding hydrogens is 392 g/mol. The molecule has 0 aliphatic carbocycles. The standard InChI is InChI=1S/C22H21ClN2O4/c1-28-19-12-18(20(29-2)11-17(19)23)25-22(27)13-24-21(26)10-15-8-5-7-14-6-3-4-9-16(14)15/h3-9,11-12H,10,13H2,1-2H3,(H,24,26)(H,25,27). The number of nitrogens with one attached hydrogen (secondary N) is 2. The molecule has 0 heterocycles. The van der Waals surface area contributed by atoms with Crippen molar-refractivity contribution < 1.29 is 19.1 Å². The third-order valence-electron chi connectivity index (χ3n) is 4.43. The summed E-state index contributed by atoms with van der Waals surface area (Å²) in [6.45, 7) is -0.169. The van der Waals surface area contributed by atoms with Crippen molar-refractivity contribution in [3.63, 3.8) is 0 Å². The minimum absolute atomic E-state index is 0.169. The molecule has 0 aromatic heterocycles. The van der Waals surface area contributed by atoms with Crippen LogP contribution < -0.4 is 20.1 Å². The van der Waals surface area contributed by atoms with E-state index in [4.69, 9.17) is 21.1 Å². The van der Waals surface area contributed by atoms with E-state index in [-0.39, 0.29) is 24.8 Å². The third kappa shape index (κ3) is 4.97. The number of ether oxygens (including phenoxy) is 2. The Morgan fingerprint density at radius 3 is 2.41 bits per heavy atom. The van der Waals surface area contributed by atoms with Gasteiger partial charge < -0.3 is 20.1 Å². The SMILES string of the molecule is COc1cc(NC(=O)CNC(=O)Cc2cccc3ccccc23)c(OC)cc1Cl. The van der Waals surface area contributed by atoms with E-state index in [1.807, 2.05) is 42.5 Å². The van der Waals surface area contributed by atoms with E-state index in [1.54, 1.807) is 12.1 Å². The van der Waals surface area contributed by atoms with Crippen LogP contribution in [-0.4, -0.2) is 32.6 Å². The number of carbonyl (C=O) groups is 2. The fraction of sp³-hybridized carbons (Fsp3) is 0.182. The van der Waals surface area contributed by atoms with E-state index >= 15 is 0 Å².